The second-order valence-electron chi connectivity index (χ2n) is 16.0. The van der Waals surface area contributed by atoms with Gasteiger partial charge < -0.3 is 0 Å². The van der Waals surface area contributed by atoms with Crippen molar-refractivity contribution in [3.63, 3.8) is 0 Å². The monoisotopic (exact) mass is 654 g/mol. The summed E-state index contributed by atoms with van der Waals surface area (Å²) in [6.45, 7) is 23.8. The first-order valence-corrected chi connectivity index (χ1v) is 20.7. The molecule has 3 aromatic rings. The molecular formula is C43H48Zr. The molecule has 4 aliphatic rings. The van der Waals surface area contributed by atoms with Crippen LogP contribution in [0.25, 0.3) is 22.3 Å². The van der Waals surface area contributed by atoms with E-state index >= 15 is 0 Å². The van der Waals surface area contributed by atoms with Gasteiger partial charge in [-0.3, -0.25) is 0 Å². The van der Waals surface area contributed by atoms with Gasteiger partial charge in [-0.2, -0.15) is 0 Å². The second-order valence-corrected chi connectivity index (χ2v) is 21.8. The molecule has 0 saturated heterocycles. The Morgan fingerprint density at radius 1 is 0.750 bits per heavy atom. The number of fused-ring (bicyclic) bond motifs is 5. The Morgan fingerprint density at radius 2 is 1.27 bits per heavy atom. The molecule has 44 heavy (non-hydrogen) atoms. The molecule has 0 nitrogen and oxygen atoms in total. The first-order valence-electron chi connectivity index (χ1n) is 16.7. The van der Waals surface area contributed by atoms with Crippen LogP contribution in [0.15, 0.2) is 87.8 Å². The zero-order valence-corrected chi connectivity index (χ0v) is 30.9. The molecule has 0 amide bonds. The van der Waals surface area contributed by atoms with Crippen LogP contribution in [-0.2, 0) is 32.1 Å². The molecule has 0 radical (unpaired) electrons. The third-order valence-electron chi connectivity index (χ3n) is 10.8. The van der Waals surface area contributed by atoms with Gasteiger partial charge in [-0.05, 0) is 0 Å². The molecule has 1 atom stereocenters. The predicted octanol–water partition coefficient (Wildman–Crippen LogP) is 11.5. The van der Waals surface area contributed by atoms with Crippen LogP contribution in [0.4, 0.5) is 0 Å². The van der Waals surface area contributed by atoms with Crippen molar-refractivity contribution in [2.75, 3.05) is 0 Å². The summed E-state index contributed by atoms with van der Waals surface area (Å²) in [4.78, 5) is 0. The molecule has 0 fully saturated rings. The summed E-state index contributed by atoms with van der Waals surface area (Å²) in [5.74, 6) is 0.538. The first kappa shape index (κ1) is 30.0. The van der Waals surface area contributed by atoms with Crippen LogP contribution in [0.1, 0.15) is 118 Å². The van der Waals surface area contributed by atoms with Gasteiger partial charge in [0.1, 0.15) is 0 Å². The zero-order valence-electron chi connectivity index (χ0n) is 28.4. The summed E-state index contributed by atoms with van der Waals surface area (Å²) < 4.78 is 5.03. The molecule has 0 aromatic heterocycles. The zero-order chi connectivity index (χ0) is 31.3. The SMILES string of the molecule is CCC1C=C(C(C)(C)C)C=[C]1[Zr](=[CH]c1ccccc1)[CH]1c2cc3c(cc2-c2cc4c(cc21)C(C)(C)C=C4C)C(C)=CC3(C)C. The van der Waals surface area contributed by atoms with E-state index in [1.54, 1.807) is 14.4 Å². The van der Waals surface area contributed by atoms with Crippen molar-refractivity contribution in [3.8, 4) is 11.1 Å². The third-order valence-corrected chi connectivity index (χ3v) is 18.4. The van der Waals surface area contributed by atoms with E-state index in [9.17, 15) is 0 Å². The molecule has 7 rings (SSSR count). The van der Waals surface area contributed by atoms with Crippen molar-refractivity contribution >= 4 is 14.9 Å². The molecule has 3 aromatic carbocycles. The van der Waals surface area contributed by atoms with Crippen LogP contribution >= 0.6 is 0 Å². The summed E-state index contributed by atoms with van der Waals surface area (Å²) >= 11 is -2.58. The van der Waals surface area contributed by atoms with Crippen molar-refractivity contribution in [3.05, 3.63) is 127 Å². The number of rotatable bonds is 4. The number of benzene rings is 3. The van der Waals surface area contributed by atoms with Crippen LogP contribution < -0.4 is 0 Å². The van der Waals surface area contributed by atoms with Gasteiger partial charge in [0.15, 0.2) is 0 Å². The van der Waals surface area contributed by atoms with Gasteiger partial charge >= 0.3 is 275 Å². The molecule has 0 heterocycles. The van der Waals surface area contributed by atoms with Crippen molar-refractivity contribution in [1.82, 2.24) is 0 Å². The van der Waals surface area contributed by atoms with E-state index in [0.717, 1.165) is 0 Å². The summed E-state index contributed by atoms with van der Waals surface area (Å²) in [6, 6.07) is 21.8. The average molecular weight is 656 g/mol. The summed E-state index contributed by atoms with van der Waals surface area (Å²) in [6.07, 6.45) is 11.5. The van der Waals surface area contributed by atoms with E-state index in [1.807, 2.05) is 0 Å². The van der Waals surface area contributed by atoms with E-state index in [4.69, 9.17) is 0 Å². The Labute approximate surface area is 273 Å². The van der Waals surface area contributed by atoms with Gasteiger partial charge in [-0.1, -0.05) is 0 Å². The van der Waals surface area contributed by atoms with Gasteiger partial charge in [0.05, 0.1) is 0 Å². The van der Waals surface area contributed by atoms with E-state index in [1.165, 1.54) is 62.1 Å². The third kappa shape index (κ3) is 4.67. The van der Waals surface area contributed by atoms with Crippen molar-refractivity contribution in [1.29, 1.82) is 0 Å². The first-order chi connectivity index (χ1) is 20.7. The predicted molar refractivity (Wildman–Crippen MR) is 188 cm³/mol. The van der Waals surface area contributed by atoms with Gasteiger partial charge in [-0.25, -0.2) is 0 Å². The Bertz CT molecular complexity index is 1790. The van der Waals surface area contributed by atoms with Crippen LogP contribution in [0, 0.1) is 11.3 Å². The summed E-state index contributed by atoms with van der Waals surface area (Å²) in [5.41, 5.74) is 18.2. The van der Waals surface area contributed by atoms with Crippen LogP contribution in [-0.4, -0.2) is 3.71 Å². The Hall–Kier alpha value is -2.63. The van der Waals surface area contributed by atoms with Gasteiger partial charge in [0.2, 0.25) is 0 Å². The minimum atomic E-state index is -2.58. The van der Waals surface area contributed by atoms with Crippen LogP contribution in [0.3, 0.4) is 0 Å². The molecule has 0 spiro atoms. The quantitative estimate of drug-likeness (QED) is 0.262. The normalized spacial score (nSPS) is 21.3. The van der Waals surface area contributed by atoms with Crippen molar-refractivity contribution < 1.29 is 21.3 Å². The van der Waals surface area contributed by atoms with Gasteiger partial charge in [0, 0.05) is 0 Å². The van der Waals surface area contributed by atoms with E-state index in [2.05, 4.69) is 152 Å². The number of hydrogen-bond acceptors (Lipinski definition) is 0. The topological polar surface area (TPSA) is 0 Å². The van der Waals surface area contributed by atoms with E-state index in [-0.39, 0.29) is 16.2 Å². The molecular weight excluding hydrogens is 608 g/mol. The standard InChI is InChI=1S/C25H25.C11H17.C7H6.Zr/c1-14-12-24(3,4)22-8-16-7-17-9-23-19(15(2)13-25(23,5)6)11-21(17)20(16)10-18(14)22;1-5-9-6-7-10(8-9)11(2,3)4;1-7-5-3-2-4-6-7;/h7-13H,1-6H3;7-9H,5H2,1-4H3;1-6H;. The second kappa shape index (κ2) is 10.2. The average Bonchev–Trinajstić information content (AvgIpc) is 3.65. The Kier molecular flexibility index (Phi) is 6.96. The Morgan fingerprint density at radius 3 is 1.75 bits per heavy atom. The molecule has 0 N–H and O–H groups in total. The summed E-state index contributed by atoms with van der Waals surface area (Å²) in [5, 5.41) is 0. The fraction of sp³-hybridized carbons (Fsp3) is 0.372. The van der Waals surface area contributed by atoms with Crippen molar-refractivity contribution in [2.45, 2.75) is 90.1 Å². The molecule has 0 bridgehead atoms. The molecule has 0 saturated carbocycles. The fourth-order valence-electron chi connectivity index (χ4n) is 8.58. The van der Waals surface area contributed by atoms with Crippen LogP contribution in [0.2, 0.25) is 0 Å². The molecule has 1 unspecified atom stereocenters. The van der Waals surface area contributed by atoms with Gasteiger partial charge in [-0.15, -0.1) is 0 Å². The molecule has 1 heteroatoms. The number of hydrogen-bond donors (Lipinski definition) is 0. The van der Waals surface area contributed by atoms with Crippen LogP contribution in [0.5, 0.6) is 0 Å². The maximum atomic E-state index is 2.80. The van der Waals surface area contributed by atoms with E-state index < -0.39 is 21.3 Å². The maximum absolute atomic E-state index is 2.80. The minimum absolute atomic E-state index is 0.0586. The molecule has 0 aliphatic heterocycles. The summed E-state index contributed by atoms with van der Waals surface area (Å²) in [7, 11) is 0. The molecule has 224 valence electrons. The van der Waals surface area contributed by atoms with E-state index in [0.29, 0.717) is 9.54 Å². The Balaban J connectivity index is 1.54. The molecule has 4 aliphatic carbocycles. The fourth-order valence-corrected chi connectivity index (χ4v) is 17.0. The van der Waals surface area contributed by atoms with Gasteiger partial charge in [0.25, 0.3) is 0 Å². The van der Waals surface area contributed by atoms with Crippen molar-refractivity contribution in [2.24, 2.45) is 11.3 Å². The number of allylic oxidation sites excluding steroid dienone is 8.